The molecule has 37 heavy (non-hydrogen) atoms. The van der Waals surface area contributed by atoms with Crippen molar-refractivity contribution in [3.8, 4) is 0 Å². The molecule has 0 spiro atoms. The van der Waals surface area contributed by atoms with Gasteiger partial charge in [-0.15, -0.1) is 0 Å². The molecule has 0 aromatic rings. The highest BCUT2D eigenvalue weighted by molar-refractivity contribution is 6.70. The monoisotopic (exact) mass is 546 g/mol. The maximum absolute atomic E-state index is 7.01. The summed E-state index contributed by atoms with van der Waals surface area (Å²) in [5.74, 6) is 3.26. The van der Waals surface area contributed by atoms with E-state index in [1.807, 2.05) is 0 Å². The van der Waals surface area contributed by atoms with Crippen molar-refractivity contribution in [2.24, 2.45) is 50.7 Å². The molecule has 0 aliphatic heterocycles. The highest BCUT2D eigenvalue weighted by Gasteiger charge is 2.70. The summed E-state index contributed by atoms with van der Waals surface area (Å²) in [5.41, 5.74) is 2.15. The molecule has 0 aromatic carbocycles. The Kier molecular flexibility index (Phi) is 6.77. The van der Waals surface area contributed by atoms with Crippen LogP contribution in [0.3, 0.4) is 0 Å². The van der Waals surface area contributed by atoms with E-state index in [4.69, 9.17) is 8.85 Å². The maximum Gasteiger partial charge on any atom is 0.184 e. The molecule has 2 nitrogen and oxygen atoms in total. The highest BCUT2D eigenvalue weighted by Crippen LogP contribution is 2.77. The van der Waals surface area contributed by atoms with Crippen LogP contribution in [0, 0.1) is 50.7 Å². The number of rotatable bonds is 4. The van der Waals surface area contributed by atoms with E-state index in [0.29, 0.717) is 33.9 Å². The van der Waals surface area contributed by atoms with Gasteiger partial charge in [0.2, 0.25) is 0 Å². The Labute approximate surface area is 233 Å². The van der Waals surface area contributed by atoms with Crippen molar-refractivity contribution in [3.05, 3.63) is 0 Å². The summed E-state index contributed by atoms with van der Waals surface area (Å²) in [6.07, 6.45) is 14.9. The van der Waals surface area contributed by atoms with Crippen LogP contribution in [0.2, 0.25) is 39.3 Å². The Hall–Kier alpha value is 0.354. The summed E-state index contributed by atoms with van der Waals surface area (Å²) < 4.78 is 13.9. The lowest BCUT2D eigenvalue weighted by atomic mass is 9.32. The largest absolute Gasteiger partial charge is 0.414 e. The van der Waals surface area contributed by atoms with E-state index in [2.05, 4.69) is 80.8 Å². The molecule has 0 N–H and O–H groups in total. The predicted octanol–water partition coefficient (Wildman–Crippen LogP) is 9.91. The van der Waals surface area contributed by atoms with Crippen LogP contribution >= 0.6 is 0 Å². The van der Waals surface area contributed by atoms with Crippen molar-refractivity contribution in [1.29, 1.82) is 0 Å². The Morgan fingerprint density at radius 3 is 1.84 bits per heavy atom. The molecule has 0 radical (unpaired) electrons. The summed E-state index contributed by atoms with van der Waals surface area (Å²) >= 11 is 0. The number of hydrogen-bond donors (Lipinski definition) is 0. The minimum absolute atomic E-state index is 0.277. The topological polar surface area (TPSA) is 18.5 Å². The molecule has 5 aliphatic rings. The molecule has 0 aromatic heterocycles. The van der Waals surface area contributed by atoms with E-state index in [0.717, 1.165) is 23.7 Å². The van der Waals surface area contributed by atoms with Gasteiger partial charge in [-0.05, 0) is 154 Å². The van der Waals surface area contributed by atoms with Gasteiger partial charge >= 0.3 is 0 Å². The molecule has 5 aliphatic carbocycles. The van der Waals surface area contributed by atoms with E-state index in [9.17, 15) is 0 Å². The molecular weight excluding hydrogens is 485 g/mol. The lowest BCUT2D eigenvalue weighted by Crippen LogP contribution is -2.67. The summed E-state index contributed by atoms with van der Waals surface area (Å²) in [7, 11) is -3.10. The molecule has 0 bridgehead atoms. The van der Waals surface area contributed by atoms with Crippen LogP contribution < -0.4 is 0 Å². The van der Waals surface area contributed by atoms with Crippen molar-refractivity contribution >= 4 is 16.6 Å². The van der Waals surface area contributed by atoms with Crippen molar-refractivity contribution in [2.45, 2.75) is 157 Å². The maximum atomic E-state index is 7.01. The summed E-state index contributed by atoms with van der Waals surface area (Å²) in [4.78, 5) is 0. The Bertz CT molecular complexity index is 888. The summed E-state index contributed by atoms with van der Waals surface area (Å²) in [6.45, 7) is 30.5. The molecule has 5 fully saturated rings. The second kappa shape index (κ2) is 8.68. The second-order valence-electron chi connectivity index (χ2n) is 18.2. The van der Waals surface area contributed by atoms with Crippen molar-refractivity contribution in [3.63, 3.8) is 0 Å². The van der Waals surface area contributed by atoms with Crippen LogP contribution in [0.15, 0.2) is 0 Å². The van der Waals surface area contributed by atoms with E-state index >= 15 is 0 Å². The Balaban J connectivity index is 1.46. The van der Waals surface area contributed by atoms with Crippen molar-refractivity contribution < 1.29 is 8.85 Å². The molecule has 0 amide bonds. The van der Waals surface area contributed by atoms with Crippen LogP contribution in [-0.2, 0) is 8.85 Å². The molecule has 4 heteroatoms. The third-order valence-electron chi connectivity index (χ3n) is 13.7. The lowest BCUT2D eigenvalue weighted by Gasteiger charge is -2.73. The van der Waals surface area contributed by atoms with Gasteiger partial charge in [-0.25, -0.2) is 0 Å². The quantitative estimate of drug-likeness (QED) is 0.327. The Morgan fingerprint density at radius 2 is 1.22 bits per heavy atom. The minimum atomic E-state index is -1.55. The van der Waals surface area contributed by atoms with E-state index in [-0.39, 0.29) is 5.41 Å². The summed E-state index contributed by atoms with van der Waals surface area (Å²) in [5, 5.41) is 0. The first-order valence-corrected chi connectivity index (χ1v) is 22.9. The minimum Gasteiger partial charge on any atom is -0.414 e. The average molecular weight is 547 g/mol. The zero-order chi connectivity index (χ0) is 27.4. The van der Waals surface area contributed by atoms with Crippen LogP contribution in [0.25, 0.3) is 0 Å². The molecule has 4 unspecified atom stereocenters. The first-order chi connectivity index (χ1) is 16.8. The second-order valence-corrected chi connectivity index (χ2v) is 27.2. The summed E-state index contributed by atoms with van der Waals surface area (Å²) in [6, 6.07) is 0. The highest BCUT2D eigenvalue weighted by atomic mass is 28.4. The van der Waals surface area contributed by atoms with Crippen LogP contribution in [0.5, 0.6) is 0 Å². The fourth-order valence-corrected chi connectivity index (χ4v) is 14.5. The first kappa shape index (κ1) is 28.9. The standard InChI is InChI=1S/C33H62O2Si2/c1-29(2)25-16-20-33(6)26(31(25,4)19-17-27(29)35-37(10,11)12)14-13-23-28-24(34-36(7,8)9)15-18-30(28,3)21-22-32(23,33)5/h23-28H,13-22H2,1-12H3/t23?,24-,25?,26?,27+,28?,30-,31+,32-,33-/m1/s1. The predicted molar refractivity (Wildman–Crippen MR) is 163 cm³/mol. The molecule has 214 valence electrons. The molecule has 5 saturated carbocycles. The molecule has 0 saturated heterocycles. The van der Waals surface area contributed by atoms with Gasteiger partial charge in [0, 0.05) is 6.10 Å². The fraction of sp³-hybridized carbons (Fsp3) is 1.00. The molecule has 0 heterocycles. The van der Waals surface area contributed by atoms with Gasteiger partial charge in [-0.3, -0.25) is 0 Å². The van der Waals surface area contributed by atoms with Crippen molar-refractivity contribution in [1.82, 2.24) is 0 Å². The van der Waals surface area contributed by atoms with Crippen LogP contribution in [0.4, 0.5) is 0 Å². The van der Waals surface area contributed by atoms with Crippen LogP contribution in [0.1, 0.15) is 106 Å². The molecular formula is C33H62O2Si2. The van der Waals surface area contributed by atoms with E-state index < -0.39 is 16.6 Å². The zero-order valence-corrected chi connectivity index (χ0v) is 28.9. The number of hydrogen-bond acceptors (Lipinski definition) is 2. The van der Waals surface area contributed by atoms with Gasteiger partial charge in [0.1, 0.15) is 0 Å². The van der Waals surface area contributed by atoms with Crippen molar-refractivity contribution in [2.75, 3.05) is 0 Å². The zero-order valence-electron chi connectivity index (χ0n) is 26.9. The van der Waals surface area contributed by atoms with Gasteiger partial charge in [0.25, 0.3) is 0 Å². The van der Waals surface area contributed by atoms with Gasteiger partial charge < -0.3 is 8.85 Å². The normalized spacial score (nSPS) is 51.6. The average Bonchev–Trinajstić information content (AvgIpc) is 3.05. The smallest absolute Gasteiger partial charge is 0.184 e. The van der Waals surface area contributed by atoms with Gasteiger partial charge in [0.15, 0.2) is 16.6 Å². The van der Waals surface area contributed by atoms with Crippen LogP contribution in [-0.4, -0.2) is 28.8 Å². The first-order valence-electron chi connectivity index (χ1n) is 16.1. The SMILES string of the molecule is CC1(C)C2CC[C@]3(C)C(CCC4C5[C@H](O[Si](C)(C)C)CC[C@]5(C)CC[C@]43C)[C@@]2(C)CC[C@@H]1O[Si](C)(C)C. The third-order valence-corrected chi connectivity index (χ3v) is 15.7. The van der Waals surface area contributed by atoms with Gasteiger partial charge in [0.05, 0.1) is 6.10 Å². The lowest BCUT2D eigenvalue weighted by molar-refractivity contribution is -0.247. The molecule has 5 rings (SSSR count). The Morgan fingerprint density at radius 1 is 0.568 bits per heavy atom. The van der Waals surface area contributed by atoms with E-state index in [1.54, 1.807) is 0 Å². The number of fused-ring (bicyclic) bond motifs is 7. The molecule has 10 atom stereocenters. The van der Waals surface area contributed by atoms with Gasteiger partial charge in [-0.2, -0.15) is 0 Å². The third kappa shape index (κ3) is 4.35. The van der Waals surface area contributed by atoms with Gasteiger partial charge in [-0.1, -0.05) is 41.5 Å². The fourth-order valence-electron chi connectivity index (χ4n) is 12.1. The van der Waals surface area contributed by atoms with E-state index in [1.165, 1.54) is 64.2 Å².